The van der Waals surface area contributed by atoms with Gasteiger partial charge in [0.15, 0.2) is 0 Å². The Morgan fingerprint density at radius 2 is 1.33 bits per heavy atom. The maximum Gasteiger partial charge on any atom is 0.253 e. The lowest BCUT2D eigenvalue weighted by Crippen LogP contribution is -2.35. The number of nitrogens with one attached hydrogen (secondary N) is 3. The molecule has 1 aromatic rings. The highest BCUT2D eigenvalue weighted by molar-refractivity contribution is 6.13. The predicted molar refractivity (Wildman–Crippen MR) is 141 cm³/mol. The minimum atomic E-state index is -0.415. The van der Waals surface area contributed by atoms with Crippen molar-refractivity contribution >= 4 is 41.0 Å². The van der Waals surface area contributed by atoms with Crippen LogP contribution in [-0.4, -0.2) is 86.3 Å². The molecule has 1 aliphatic heterocycles. The molecule has 0 fully saturated rings. The van der Waals surface area contributed by atoms with Crippen molar-refractivity contribution in [3.8, 4) is 0 Å². The van der Waals surface area contributed by atoms with Crippen LogP contribution in [0.1, 0.15) is 38.2 Å². The first-order chi connectivity index (χ1) is 18.7. The average Bonchev–Trinajstić information content (AvgIpc) is 3.22. The van der Waals surface area contributed by atoms with E-state index < -0.39 is 11.8 Å². The molecule has 2 rings (SSSR count). The predicted octanol–water partition coefficient (Wildman–Crippen LogP) is 0.508. The Morgan fingerprint density at radius 1 is 0.718 bits per heavy atom. The number of rotatable bonds is 19. The molecule has 1 heterocycles. The van der Waals surface area contributed by atoms with E-state index in [2.05, 4.69) is 16.0 Å². The average molecular weight is 545 g/mol. The van der Waals surface area contributed by atoms with Crippen molar-refractivity contribution in [3.63, 3.8) is 0 Å². The number of carbonyl (C=O) groups excluding carboxylic acids is 6. The van der Waals surface area contributed by atoms with Crippen molar-refractivity contribution in [1.29, 1.82) is 0 Å². The molecule has 5 amide bonds. The molecule has 0 aromatic heterocycles. The summed E-state index contributed by atoms with van der Waals surface area (Å²) >= 11 is 0. The van der Waals surface area contributed by atoms with Crippen molar-refractivity contribution in [2.45, 2.75) is 39.0 Å². The first-order valence-electron chi connectivity index (χ1n) is 12.8. The molecule has 1 aliphatic rings. The fraction of sp³-hybridized carbons (Fsp3) is 0.481. The Bertz CT molecular complexity index is 1020. The van der Waals surface area contributed by atoms with E-state index in [9.17, 15) is 28.8 Å². The number of nitrogens with zero attached hydrogens (tertiary/aromatic N) is 1. The zero-order chi connectivity index (χ0) is 28.5. The molecule has 0 unspecified atom stereocenters. The molecule has 39 heavy (non-hydrogen) atoms. The molecule has 0 aliphatic carbocycles. The zero-order valence-electron chi connectivity index (χ0n) is 22.2. The van der Waals surface area contributed by atoms with Crippen molar-refractivity contribution in [2.24, 2.45) is 0 Å². The maximum absolute atomic E-state index is 12.1. The van der Waals surface area contributed by atoms with Crippen LogP contribution in [0.25, 0.3) is 0 Å². The van der Waals surface area contributed by atoms with Crippen LogP contribution in [0.15, 0.2) is 36.4 Å². The number of aryl methyl sites for hydroxylation is 1. The molecule has 212 valence electrons. The lowest BCUT2D eigenvalue weighted by atomic mass is 10.1. The SMILES string of the molecule is CC(=O)CCNC(=O)CCc1ccc(NC(=O)CCOCCOCCNC(=O)CCN2C(=O)C=CC2=O)cc1. The summed E-state index contributed by atoms with van der Waals surface area (Å²) in [5, 5.41) is 8.15. The van der Waals surface area contributed by atoms with Crippen LogP contribution in [0.4, 0.5) is 5.69 Å². The highest BCUT2D eigenvalue weighted by Gasteiger charge is 2.23. The minimum absolute atomic E-state index is 0.0250. The van der Waals surface area contributed by atoms with Crippen LogP contribution in [0.3, 0.4) is 0 Å². The quantitative estimate of drug-likeness (QED) is 0.168. The second kappa shape index (κ2) is 17.6. The summed E-state index contributed by atoms with van der Waals surface area (Å²) in [7, 11) is 0. The van der Waals surface area contributed by atoms with E-state index in [0.717, 1.165) is 10.5 Å². The molecule has 0 spiro atoms. The number of imide groups is 1. The summed E-state index contributed by atoms with van der Waals surface area (Å²) in [6, 6.07) is 7.25. The normalized spacial score (nSPS) is 12.5. The largest absolute Gasteiger partial charge is 0.379 e. The van der Waals surface area contributed by atoms with Crippen LogP contribution in [0.2, 0.25) is 0 Å². The van der Waals surface area contributed by atoms with Gasteiger partial charge in [-0.3, -0.25) is 33.7 Å². The molecule has 0 saturated carbocycles. The highest BCUT2D eigenvalue weighted by atomic mass is 16.5. The summed E-state index contributed by atoms with van der Waals surface area (Å²) < 4.78 is 10.8. The minimum Gasteiger partial charge on any atom is -0.379 e. The summed E-state index contributed by atoms with van der Waals surface area (Å²) in [6.45, 7) is 3.26. The van der Waals surface area contributed by atoms with Gasteiger partial charge in [-0.25, -0.2) is 0 Å². The fourth-order valence-corrected chi connectivity index (χ4v) is 3.41. The molecule has 0 saturated heterocycles. The Labute approximate surface area is 227 Å². The fourth-order valence-electron chi connectivity index (χ4n) is 3.41. The van der Waals surface area contributed by atoms with E-state index >= 15 is 0 Å². The number of ether oxygens (including phenoxy) is 2. The molecule has 0 radical (unpaired) electrons. The molecular formula is C27H36N4O8. The van der Waals surface area contributed by atoms with Crippen molar-refractivity contribution in [2.75, 3.05) is 51.4 Å². The van der Waals surface area contributed by atoms with E-state index in [4.69, 9.17) is 9.47 Å². The third kappa shape index (κ3) is 13.5. The third-order valence-corrected chi connectivity index (χ3v) is 5.55. The van der Waals surface area contributed by atoms with Gasteiger partial charge < -0.3 is 25.4 Å². The number of Topliss-reactive ketones (excluding diaryl/α,β-unsaturated/α-hetero) is 1. The summed E-state index contributed by atoms with van der Waals surface area (Å²) in [5.41, 5.74) is 1.61. The molecule has 0 bridgehead atoms. The van der Waals surface area contributed by atoms with Gasteiger partial charge >= 0.3 is 0 Å². The highest BCUT2D eigenvalue weighted by Crippen LogP contribution is 2.11. The molecule has 0 atom stereocenters. The van der Waals surface area contributed by atoms with Crippen LogP contribution in [0.5, 0.6) is 0 Å². The lowest BCUT2D eigenvalue weighted by Gasteiger charge is -2.13. The summed E-state index contributed by atoms with van der Waals surface area (Å²) in [6.07, 6.45) is 3.77. The van der Waals surface area contributed by atoms with E-state index in [-0.39, 0.29) is 62.6 Å². The number of hydrogen-bond acceptors (Lipinski definition) is 8. The first-order valence-corrected chi connectivity index (χ1v) is 12.8. The van der Waals surface area contributed by atoms with Crippen LogP contribution in [0, 0.1) is 0 Å². The summed E-state index contributed by atoms with van der Waals surface area (Å²) in [4.78, 5) is 70.4. The van der Waals surface area contributed by atoms with Crippen molar-refractivity contribution < 1.29 is 38.2 Å². The van der Waals surface area contributed by atoms with E-state index in [1.54, 1.807) is 12.1 Å². The number of hydrogen-bond donors (Lipinski definition) is 3. The Morgan fingerprint density at radius 3 is 2.00 bits per heavy atom. The van der Waals surface area contributed by atoms with Crippen molar-refractivity contribution in [3.05, 3.63) is 42.0 Å². The van der Waals surface area contributed by atoms with Gasteiger partial charge in [0, 0.05) is 56.7 Å². The van der Waals surface area contributed by atoms with Crippen LogP contribution in [-0.2, 0) is 44.7 Å². The Kier molecular flexibility index (Phi) is 14.1. The third-order valence-electron chi connectivity index (χ3n) is 5.55. The van der Waals surface area contributed by atoms with Crippen molar-refractivity contribution in [1.82, 2.24) is 15.5 Å². The first kappa shape index (κ1) is 31.3. The number of amides is 5. The zero-order valence-corrected chi connectivity index (χ0v) is 22.2. The lowest BCUT2D eigenvalue weighted by molar-refractivity contribution is -0.137. The number of anilines is 1. The Hall–Kier alpha value is -3.90. The number of carbonyl (C=O) groups is 6. The van der Waals surface area contributed by atoms with Gasteiger partial charge in [-0.05, 0) is 31.0 Å². The van der Waals surface area contributed by atoms with E-state index in [1.165, 1.54) is 19.1 Å². The van der Waals surface area contributed by atoms with E-state index in [0.29, 0.717) is 44.7 Å². The second-order valence-electron chi connectivity index (χ2n) is 8.78. The molecular weight excluding hydrogens is 508 g/mol. The van der Waals surface area contributed by atoms with Gasteiger partial charge in [0.2, 0.25) is 17.7 Å². The molecule has 12 heteroatoms. The monoisotopic (exact) mass is 544 g/mol. The Balaban J connectivity index is 1.44. The van der Waals surface area contributed by atoms with Crippen LogP contribution >= 0.6 is 0 Å². The number of benzene rings is 1. The molecule has 1 aromatic carbocycles. The van der Waals surface area contributed by atoms with Gasteiger partial charge in [0.05, 0.1) is 32.8 Å². The summed E-state index contributed by atoms with van der Waals surface area (Å²) in [5.74, 6) is -1.37. The standard InChI is InChI=1S/C27H36N4O8/c1-20(32)10-13-28-23(33)7-4-21-2-5-22(6-3-21)30-25(35)12-16-38-18-19-39-17-14-29-24(34)11-15-31-26(36)8-9-27(31)37/h2-3,5-6,8-9H,4,7,10-19H2,1H3,(H,28,33)(H,29,34)(H,30,35). The van der Waals surface area contributed by atoms with Gasteiger partial charge in [0.1, 0.15) is 5.78 Å². The van der Waals surface area contributed by atoms with Gasteiger partial charge in [-0.1, -0.05) is 12.1 Å². The topological polar surface area (TPSA) is 160 Å². The number of ketones is 1. The molecule has 12 nitrogen and oxygen atoms in total. The second-order valence-corrected chi connectivity index (χ2v) is 8.78. The van der Waals surface area contributed by atoms with Crippen LogP contribution < -0.4 is 16.0 Å². The molecule has 3 N–H and O–H groups in total. The van der Waals surface area contributed by atoms with E-state index in [1.807, 2.05) is 12.1 Å². The maximum atomic E-state index is 12.1. The van der Waals surface area contributed by atoms with Gasteiger partial charge in [-0.15, -0.1) is 0 Å². The smallest absolute Gasteiger partial charge is 0.253 e. The van der Waals surface area contributed by atoms with Gasteiger partial charge in [-0.2, -0.15) is 0 Å². The van der Waals surface area contributed by atoms with Gasteiger partial charge in [0.25, 0.3) is 11.8 Å².